The van der Waals surface area contributed by atoms with Crippen molar-refractivity contribution in [1.82, 2.24) is 0 Å². The maximum absolute atomic E-state index is 5.49. The van der Waals surface area contributed by atoms with Crippen LogP contribution in [0.1, 0.15) is 6.92 Å². The van der Waals surface area contributed by atoms with E-state index in [1.165, 1.54) is 0 Å². The smallest absolute Gasteiger partial charge is 0.180 e. The van der Waals surface area contributed by atoms with Gasteiger partial charge >= 0.3 is 0 Å². The molecule has 0 aromatic carbocycles. The van der Waals surface area contributed by atoms with Gasteiger partial charge in [-0.05, 0) is 0 Å². The monoisotopic (exact) mass is 133 g/mol. The molecule has 1 aliphatic rings. The highest BCUT2D eigenvalue weighted by Gasteiger charge is 2.13. The molecule has 2 nitrogen and oxygen atoms in total. The van der Waals surface area contributed by atoms with E-state index in [9.17, 15) is 0 Å². The van der Waals surface area contributed by atoms with Crippen LogP contribution in [0.2, 0.25) is 0 Å². The van der Waals surface area contributed by atoms with Gasteiger partial charge in [0.2, 0.25) is 0 Å². The molecule has 0 aromatic heterocycles. The Labute approximate surface area is 53.5 Å². The summed E-state index contributed by atoms with van der Waals surface area (Å²) in [6.07, 6.45) is 0. The molecule has 0 aromatic rings. The topological polar surface area (TPSA) is 21.6 Å². The van der Waals surface area contributed by atoms with E-state index in [0.29, 0.717) is 12.5 Å². The second kappa shape index (κ2) is 2.35. The third-order valence-electron chi connectivity index (χ3n) is 1.03. The number of nitrogens with zero attached hydrogens (tertiary/aromatic N) is 1. The summed E-state index contributed by atoms with van der Waals surface area (Å²) in [4.78, 5) is 4.07. The van der Waals surface area contributed by atoms with E-state index in [1.807, 2.05) is 6.92 Å². The molecule has 0 saturated carbocycles. The van der Waals surface area contributed by atoms with Gasteiger partial charge in [-0.15, -0.1) is 11.6 Å². The van der Waals surface area contributed by atoms with Crippen LogP contribution in [0, 0.1) is 0 Å². The normalized spacial score (nSPS) is 27.2. The van der Waals surface area contributed by atoms with E-state index in [-0.39, 0.29) is 6.04 Å². The SMILES string of the molecule is CC1=NC(CCl)CO1. The van der Waals surface area contributed by atoms with E-state index in [0.717, 1.165) is 5.90 Å². The number of rotatable bonds is 1. The fourth-order valence-electron chi connectivity index (χ4n) is 0.627. The van der Waals surface area contributed by atoms with Gasteiger partial charge in [0, 0.05) is 12.8 Å². The van der Waals surface area contributed by atoms with Gasteiger partial charge in [0.05, 0.1) is 0 Å². The molecule has 0 N–H and O–H groups in total. The summed E-state index contributed by atoms with van der Waals surface area (Å²) in [5, 5.41) is 0. The molecule has 1 rings (SSSR count). The molecule has 0 aliphatic carbocycles. The zero-order valence-electron chi connectivity index (χ0n) is 4.72. The Morgan fingerprint density at radius 2 is 2.75 bits per heavy atom. The first-order valence-electron chi connectivity index (χ1n) is 2.56. The van der Waals surface area contributed by atoms with Crippen molar-refractivity contribution in [3.63, 3.8) is 0 Å². The maximum Gasteiger partial charge on any atom is 0.180 e. The third kappa shape index (κ3) is 1.13. The lowest BCUT2D eigenvalue weighted by molar-refractivity contribution is 0.322. The van der Waals surface area contributed by atoms with Crippen molar-refractivity contribution < 1.29 is 4.74 Å². The molecule has 1 heterocycles. The zero-order valence-corrected chi connectivity index (χ0v) is 5.48. The van der Waals surface area contributed by atoms with Crippen molar-refractivity contribution in [2.24, 2.45) is 4.99 Å². The number of hydrogen-bond acceptors (Lipinski definition) is 2. The standard InChI is InChI=1S/C5H8ClNO/c1-4-7-5(2-6)3-8-4/h5H,2-3H2,1H3. The van der Waals surface area contributed by atoms with Crippen molar-refractivity contribution in [2.45, 2.75) is 13.0 Å². The molecule has 1 aliphatic heterocycles. The Balaban J connectivity index is 2.41. The van der Waals surface area contributed by atoms with Crippen LogP contribution in [0.3, 0.4) is 0 Å². The molecule has 3 heteroatoms. The molecule has 0 radical (unpaired) electrons. The average Bonchev–Trinajstić information content (AvgIpc) is 2.14. The van der Waals surface area contributed by atoms with E-state index in [1.54, 1.807) is 0 Å². The largest absolute Gasteiger partial charge is 0.479 e. The summed E-state index contributed by atoms with van der Waals surface area (Å²) in [7, 11) is 0. The summed E-state index contributed by atoms with van der Waals surface area (Å²) >= 11 is 5.49. The molecule has 0 bridgehead atoms. The number of alkyl halides is 1. The molecule has 0 amide bonds. The van der Waals surface area contributed by atoms with Gasteiger partial charge in [-0.2, -0.15) is 0 Å². The van der Waals surface area contributed by atoms with Crippen molar-refractivity contribution in [2.75, 3.05) is 12.5 Å². The van der Waals surface area contributed by atoms with Crippen LogP contribution >= 0.6 is 11.6 Å². The Morgan fingerprint density at radius 3 is 3.00 bits per heavy atom. The van der Waals surface area contributed by atoms with Crippen LogP contribution in [0.4, 0.5) is 0 Å². The number of aliphatic imine (C=N–C) groups is 1. The summed E-state index contributed by atoms with van der Waals surface area (Å²) in [5.41, 5.74) is 0. The molecule has 0 spiro atoms. The van der Waals surface area contributed by atoms with E-state index >= 15 is 0 Å². The minimum absolute atomic E-state index is 0.205. The lowest BCUT2D eigenvalue weighted by Crippen LogP contribution is -2.06. The Bertz CT molecular complexity index is 113. The molecule has 8 heavy (non-hydrogen) atoms. The minimum atomic E-state index is 0.205. The second-order valence-electron chi connectivity index (χ2n) is 1.77. The van der Waals surface area contributed by atoms with Crippen molar-refractivity contribution in [1.29, 1.82) is 0 Å². The minimum Gasteiger partial charge on any atom is -0.479 e. The Hall–Kier alpha value is -0.240. The van der Waals surface area contributed by atoms with Crippen LogP contribution < -0.4 is 0 Å². The summed E-state index contributed by atoms with van der Waals surface area (Å²) in [6, 6.07) is 0.205. The van der Waals surface area contributed by atoms with Gasteiger partial charge in [-0.1, -0.05) is 0 Å². The van der Waals surface area contributed by atoms with Gasteiger partial charge in [0.15, 0.2) is 5.90 Å². The van der Waals surface area contributed by atoms with E-state index in [4.69, 9.17) is 16.3 Å². The van der Waals surface area contributed by atoms with Crippen LogP contribution in [0.15, 0.2) is 4.99 Å². The highest BCUT2D eigenvalue weighted by Crippen LogP contribution is 2.04. The summed E-state index contributed by atoms with van der Waals surface area (Å²) < 4.78 is 5.02. The molecule has 46 valence electrons. The average molecular weight is 134 g/mol. The van der Waals surface area contributed by atoms with Crippen LogP contribution in [0.25, 0.3) is 0 Å². The maximum atomic E-state index is 5.49. The highest BCUT2D eigenvalue weighted by atomic mass is 35.5. The van der Waals surface area contributed by atoms with Gasteiger partial charge in [0.25, 0.3) is 0 Å². The lowest BCUT2D eigenvalue weighted by atomic mass is 10.4. The first kappa shape index (κ1) is 5.89. The molecule has 1 unspecified atom stereocenters. The molecule has 0 saturated heterocycles. The van der Waals surface area contributed by atoms with Crippen molar-refractivity contribution in [3.05, 3.63) is 0 Å². The third-order valence-corrected chi connectivity index (χ3v) is 1.38. The van der Waals surface area contributed by atoms with Crippen LogP contribution in [0.5, 0.6) is 0 Å². The number of ether oxygens (including phenoxy) is 1. The van der Waals surface area contributed by atoms with Crippen molar-refractivity contribution >= 4 is 17.5 Å². The molecular weight excluding hydrogens is 126 g/mol. The highest BCUT2D eigenvalue weighted by molar-refractivity contribution is 6.18. The van der Waals surface area contributed by atoms with Crippen LogP contribution in [-0.2, 0) is 4.74 Å². The summed E-state index contributed by atoms with van der Waals surface area (Å²) in [5.74, 6) is 1.33. The Kier molecular flexibility index (Phi) is 1.73. The van der Waals surface area contributed by atoms with E-state index in [2.05, 4.69) is 4.99 Å². The van der Waals surface area contributed by atoms with Gasteiger partial charge < -0.3 is 4.74 Å². The Morgan fingerprint density at radius 1 is 2.00 bits per heavy atom. The fourth-order valence-corrected chi connectivity index (χ4v) is 0.786. The zero-order chi connectivity index (χ0) is 5.98. The molecule has 0 fully saturated rings. The predicted molar refractivity (Wildman–Crippen MR) is 33.6 cm³/mol. The number of hydrogen-bond donors (Lipinski definition) is 0. The first-order valence-corrected chi connectivity index (χ1v) is 3.09. The quantitative estimate of drug-likeness (QED) is 0.490. The molecule has 1 atom stereocenters. The van der Waals surface area contributed by atoms with Gasteiger partial charge in [0.1, 0.15) is 12.6 Å². The van der Waals surface area contributed by atoms with Crippen molar-refractivity contribution in [3.8, 4) is 0 Å². The first-order chi connectivity index (χ1) is 3.83. The molecular formula is C5H8ClNO. The predicted octanol–water partition coefficient (Wildman–Crippen LogP) is 1.04. The fraction of sp³-hybridized carbons (Fsp3) is 0.800. The van der Waals surface area contributed by atoms with E-state index < -0.39 is 0 Å². The number of halogens is 1. The second-order valence-corrected chi connectivity index (χ2v) is 2.08. The van der Waals surface area contributed by atoms with Crippen LogP contribution in [-0.4, -0.2) is 24.4 Å². The lowest BCUT2D eigenvalue weighted by Gasteiger charge is -1.94. The van der Waals surface area contributed by atoms with Gasteiger partial charge in [-0.3, -0.25) is 0 Å². The van der Waals surface area contributed by atoms with Gasteiger partial charge in [-0.25, -0.2) is 4.99 Å². The summed E-state index contributed by atoms with van der Waals surface area (Å²) in [6.45, 7) is 2.50.